The van der Waals surface area contributed by atoms with Gasteiger partial charge in [-0.2, -0.15) is 0 Å². The first kappa shape index (κ1) is 19.9. The second kappa shape index (κ2) is 8.61. The van der Waals surface area contributed by atoms with Gasteiger partial charge in [0, 0.05) is 13.1 Å². The first-order valence-corrected chi connectivity index (χ1v) is 5.76. The molecular formula is C13H23ClN2O3. The molecule has 19 heavy (non-hydrogen) atoms. The zero-order chi connectivity index (χ0) is 14.3. The fourth-order valence-corrected chi connectivity index (χ4v) is 1.16. The highest BCUT2D eigenvalue weighted by Crippen LogP contribution is 2.26. The van der Waals surface area contributed by atoms with E-state index in [9.17, 15) is 5.11 Å². The number of nitrogens with zero attached hydrogens (tertiary/aromatic N) is 1. The Kier molecular flexibility index (Phi) is 9.00. The van der Waals surface area contributed by atoms with Crippen LogP contribution in [0.15, 0.2) is 18.2 Å². The lowest BCUT2D eigenvalue weighted by molar-refractivity contribution is -0.250. The second-order valence-electron chi connectivity index (χ2n) is 4.51. The molecule has 2 N–H and O–H groups in total. The molecule has 0 aliphatic carbocycles. The van der Waals surface area contributed by atoms with E-state index in [1.54, 1.807) is 0 Å². The van der Waals surface area contributed by atoms with Crippen LogP contribution in [0.1, 0.15) is 12.5 Å². The van der Waals surface area contributed by atoms with E-state index in [4.69, 9.17) is 9.90 Å². The van der Waals surface area contributed by atoms with E-state index in [-0.39, 0.29) is 12.4 Å². The summed E-state index contributed by atoms with van der Waals surface area (Å²) in [5.41, 5.74) is 2.07. The van der Waals surface area contributed by atoms with Gasteiger partial charge in [-0.25, -0.2) is 0 Å². The van der Waals surface area contributed by atoms with Crippen LogP contribution < -0.4 is 14.9 Å². The van der Waals surface area contributed by atoms with Gasteiger partial charge in [-0.1, -0.05) is 0 Å². The van der Waals surface area contributed by atoms with E-state index in [1.165, 1.54) is 7.05 Å². The quantitative estimate of drug-likeness (QED) is 0.806. The molecule has 0 bridgehead atoms. The summed E-state index contributed by atoms with van der Waals surface area (Å²) in [6.07, 6.45) is -1.25. The third-order valence-electron chi connectivity index (χ3n) is 2.89. The molecule has 6 heteroatoms. The summed E-state index contributed by atoms with van der Waals surface area (Å²) >= 11 is 0. The number of carboxylic acid groups (broad SMARTS) is 1. The van der Waals surface area contributed by atoms with Crippen molar-refractivity contribution in [2.24, 2.45) is 0 Å². The Bertz CT molecular complexity index is 409. The summed E-state index contributed by atoms with van der Waals surface area (Å²) in [4.78, 5) is 9.15. The van der Waals surface area contributed by atoms with Crippen molar-refractivity contribution in [2.75, 3.05) is 27.7 Å². The molecule has 110 valence electrons. The van der Waals surface area contributed by atoms with Crippen molar-refractivity contribution in [2.45, 2.75) is 13.8 Å². The smallest absolute Gasteiger partial charge is 0.136 e. The number of carbonyl (C=O) groups excluding carboxylic acids is 1. The average molecular weight is 291 g/mol. The van der Waals surface area contributed by atoms with Gasteiger partial charge in [0.15, 0.2) is 0 Å². The number of hydrogen-bond acceptors (Lipinski definition) is 3. The van der Waals surface area contributed by atoms with Gasteiger partial charge in [-0.3, -0.25) is 4.48 Å². The highest BCUT2D eigenvalue weighted by molar-refractivity contribution is 5.85. The minimum absolute atomic E-state index is 0. The summed E-state index contributed by atoms with van der Waals surface area (Å²) in [5, 5.41) is 20.5. The van der Waals surface area contributed by atoms with Crippen LogP contribution in [0.4, 0.5) is 10.5 Å². The third-order valence-corrected chi connectivity index (χ3v) is 2.89. The number of halogens is 1. The van der Waals surface area contributed by atoms with Crippen molar-refractivity contribution in [3.63, 3.8) is 0 Å². The van der Waals surface area contributed by atoms with E-state index < -0.39 is 6.09 Å². The van der Waals surface area contributed by atoms with Crippen LogP contribution in [0.25, 0.3) is 0 Å². The number of amides is 1. The van der Waals surface area contributed by atoms with Gasteiger partial charge in [0.25, 0.3) is 0 Å². The van der Waals surface area contributed by atoms with Gasteiger partial charge >= 0.3 is 0 Å². The number of nitrogens with one attached hydrogen (secondary N) is 1. The maximum atomic E-state index is 9.55. The lowest BCUT2D eigenvalue weighted by atomic mass is 10.2. The first-order valence-electron chi connectivity index (χ1n) is 5.76. The number of aryl methyl sites for hydroxylation is 1. The van der Waals surface area contributed by atoms with E-state index in [1.807, 2.05) is 24.4 Å². The molecular weight excluding hydrogens is 268 g/mol. The topological polar surface area (TPSA) is 72.4 Å². The molecule has 1 aromatic rings. The Labute approximate surface area is 120 Å². The van der Waals surface area contributed by atoms with Gasteiger partial charge in [-0.05, 0) is 31.5 Å². The van der Waals surface area contributed by atoms with Crippen LogP contribution in [-0.2, 0) is 0 Å². The van der Waals surface area contributed by atoms with Gasteiger partial charge < -0.3 is 20.3 Å². The zero-order valence-corrected chi connectivity index (χ0v) is 12.9. The van der Waals surface area contributed by atoms with Crippen molar-refractivity contribution >= 4 is 24.2 Å². The van der Waals surface area contributed by atoms with E-state index in [0.717, 1.165) is 22.3 Å². The summed E-state index contributed by atoms with van der Waals surface area (Å²) < 4.78 is 0.799. The minimum Gasteiger partial charge on any atom is -0.530 e. The maximum Gasteiger partial charge on any atom is 0.136 e. The number of hydrogen-bond donors (Lipinski definition) is 2. The van der Waals surface area contributed by atoms with E-state index >= 15 is 0 Å². The van der Waals surface area contributed by atoms with Crippen molar-refractivity contribution in [1.29, 1.82) is 0 Å². The number of phenols is 1. The lowest BCUT2D eigenvalue weighted by Crippen LogP contribution is -2.39. The minimum atomic E-state index is -1.25. The van der Waals surface area contributed by atoms with Crippen molar-refractivity contribution in [3.05, 3.63) is 23.8 Å². The van der Waals surface area contributed by atoms with Crippen LogP contribution in [-0.4, -0.2) is 38.9 Å². The number of phenolic OH excluding ortho intramolecular Hbond substituents is 1. The number of rotatable bonds is 2. The molecule has 0 aromatic heterocycles. The van der Waals surface area contributed by atoms with E-state index in [2.05, 4.69) is 27.1 Å². The first-order chi connectivity index (χ1) is 8.24. The fourth-order valence-electron chi connectivity index (χ4n) is 1.16. The summed E-state index contributed by atoms with van der Waals surface area (Å²) in [7, 11) is 5.55. The van der Waals surface area contributed by atoms with Crippen molar-refractivity contribution in [1.82, 2.24) is 9.80 Å². The lowest BCUT2D eigenvalue weighted by Gasteiger charge is -2.27. The van der Waals surface area contributed by atoms with Crippen molar-refractivity contribution in [3.8, 4) is 5.75 Å². The number of quaternary nitrogens is 1. The average Bonchev–Trinajstić information content (AvgIpc) is 2.33. The van der Waals surface area contributed by atoms with E-state index in [0.29, 0.717) is 5.75 Å². The Balaban J connectivity index is 0. The molecule has 0 spiro atoms. The largest absolute Gasteiger partial charge is 0.530 e. The molecule has 0 atom stereocenters. The molecule has 0 heterocycles. The molecule has 1 rings (SSSR count). The van der Waals surface area contributed by atoms with Gasteiger partial charge in [-0.15, -0.1) is 12.4 Å². The standard InChI is InChI=1S/C11H17NO.C2H5NO2.ClH/c1-5-12(3,4)10-7-6-9(2)11(13)8-10;1-3-2(4)5;/h6-8H,5H2,1-4H3;3H,1H3,(H,4,5);1H. The predicted molar refractivity (Wildman–Crippen MR) is 78.7 cm³/mol. The van der Waals surface area contributed by atoms with Crippen LogP contribution in [0.2, 0.25) is 0 Å². The Hall–Kier alpha value is -1.46. The molecule has 1 aromatic carbocycles. The Morgan fingerprint density at radius 3 is 2.21 bits per heavy atom. The van der Waals surface area contributed by atoms with Crippen molar-refractivity contribution < 1.29 is 15.0 Å². The van der Waals surface area contributed by atoms with Crippen LogP contribution in [0.5, 0.6) is 5.75 Å². The summed E-state index contributed by atoms with van der Waals surface area (Å²) in [6.45, 7) is 5.06. The zero-order valence-electron chi connectivity index (χ0n) is 12.1. The van der Waals surface area contributed by atoms with Gasteiger partial charge in [0.05, 0.1) is 20.6 Å². The highest BCUT2D eigenvalue weighted by atomic mass is 35.5. The maximum absolute atomic E-state index is 9.55. The third kappa shape index (κ3) is 6.88. The van der Waals surface area contributed by atoms with Crippen LogP contribution in [0.3, 0.4) is 0 Å². The summed E-state index contributed by atoms with van der Waals surface area (Å²) in [6, 6.07) is 5.87. The van der Waals surface area contributed by atoms with Gasteiger partial charge in [0.1, 0.15) is 17.5 Å². The molecule has 0 saturated heterocycles. The Morgan fingerprint density at radius 2 is 1.89 bits per heavy atom. The molecule has 0 radical (unpaired) electrons. The van der Waals surface area contributed by atoms with Crippen LogP contribution >= 0.6 is 12.4 Å². The monoisotopic (exact) mass is 290 g/mol. The van der Waals surface area contributed by atoms with Crippen LogP contribution in [0, 0.1) is 6.92 Å². The molecule has 0 saturated carbocycles. The number of aromatic hydroxyl groups is 1. The molecule has 0 fully saturated rings. The number of benzene rings is 1. The van der Waals surface area contributed by atoms with Gasteiger partial charge in [0.2, 0.25) is 0 Å². The molecule has 0 unspecified atom stereocenters. The Morgan fingerprint density at radius 1 is 1.42 bits per heavy atom. The number of carbonyl (C=O) groups is 1. The predicted octanol–water partition coefficient (Wildman–Crippen LogP) is 1.26. The molecule has 0 aliphatic heterocycles. The normalized spacial score (nSPS) is 9.74. The highest BCUT2D eigenvalue weighted by Gasteiger charge is 2.16. The SMILES string of the molecule is CC[N+](C)(C)c1ccc(C)c(O)c1.CNC(=O)[O-].Cl. The molecule has 5 nitrogen and oxygen atoms in total. The molecule has 0 aliphatic rings. The summed E-state index contributed by atoms with van der Waals surface area (Å²) in [5.74, 6) is 0.386. The molecule has 1 amide bonds. The fraction of sp³-hybridized carbons (Fsp3) is 0.462. The second-order valence-corrected chi connectivity index (χ2v) is 4.51.